The number of hydrogen-bond donors (Lipinski definition) is 2. The Morgan fingerprint density at radius 2 is 1.88 bits per heavy atom. The first-order chi connectivity index (χ1) is 11.4. The van der Waals surface area contributed by atoms with Crippen LogP contribution in [0.2, 0.25) is 0 Å². The fourth-order valence-electron chi connectivity index (χ4n) is 2.23. The van der Waals surface area contributed by atoms with E-state index in [2.05, 4.69) is 9.97 Å². The summed E-state index contributed by atoms with van der Waals surface area (Å²) in [4.78, 5) is 17.8. The third-order valence-corrected chi connectivity index (χ3v) is 3.23. The Bertz CT molecular complexity index is 862. The maximum Gasteiger partial charge on any atom is 0.300 e. The first kappa shape index (κ1) is 17.5. The topological polar surface area (TPSA) is 89.1 Å². The van der Waals surface area contributed by atoms with Gasteiger partial charge in [-0.25, -0.2) is 9.37 Å². The van der Waals surface area contributed by atoms with E-state index >= 15 is 0 Å². The molecule has 0 amide bonds. The Balaban J connectivity index is 0.000000471. The normalized spacial score (nSPS) is 11.5. The van der Waals surface area contributed by atoms with Crippen LogP contribution in [0, 0.1) is 5.82 Å². The van der Waals surface area contributed by atoms with Gasteiger partial charge in [0, 0.05) is 24.7 Å². The molecule has 24 heavy (non-hydrogen) atoms. The zero-order valence-corrected chi connectivity index (χ0v) is 13.4. The number of benzene rings is 1. The summed E-state index contributed by atoms with van der Waals surface area (Å²) in [6.45, 7) is 2.94. The monoisotopic (exact) mass is 327 g/mol. The zero-order valence-electron chi connectivity index (χ0n) is 13.4. The number of carboxylic acid groups (broad SMARTS) is 1. The summed E-state index contributed by atoms with van der Waals surface area (Å²) in [5, 5.41) is 7.42. The molecule has 3 aromatic rings. The van der Waals surface area contributed by atoms with E-state index in [1.54, 1.807) is 24.4 Å². The number of hydrogen-bond acceptors (Lipinski definition) is 4. The van der Waals surface area contributed by atoms with Gasteiger partial charge in [-0.1, -0.05) is 12.1 Å². The molecule has 0 bridgehead atoms. The third kappa shape index (κ3) is 4.11. The summed E-state index contributed by atoms with van der Waals surface area (Å²) in [6, 6.07) is 11.9. The summed E-state index contributed by atoms with van der Waals surface area (Å²) in [5.74, 6) is -1.13. The largest absolute Gasteiger partial charge is 0.481 e. The molecule has 5 nitrogen and oxygen atoms in total. The predicted molar refractivity (Wildman–Crippen MR) is 90.8 cm³/mol. The lowest BCUT2D eigenvalue weighted by molar-refractivity contribution is -0.134. The van der Waals surface area contributed by atoms with Gasteiger partial charge in [0.1, 0.15) is 5.82 Å². The van der Waals surface area contributed by atoms with Gasteiger partial charge in [0.05, 0.1) is 16.7 Å². The van der Waals surface area contributed by atoms with Crippen molar-refractivity contribution in [3.8, 4) is 11.3 Å². The second kappa shape index (κ2) is 7.61. The average molecular weight is 327 g/mol. The smallest absolute Gasteiger partial charge is 0.300 e. The van der Waals surface area contributed by atoms with E-state index in [4.69, 9.17) is 15.6 Å². The van der Waals surface area contributed by atoms with E-state index in [1.807, 2.05) is 25.1 Å². The number of pyridine rings is 2. The lowest BCUT2D eigenvalue weighted by atomic mass is 10.00. The summed E-state index contributed by atoms with van der Waals surface area (Å²) < 4.78 is 14.0. The molecule has 0 fully saturated rings. The third-order valence-electron chi connectivity index (χ3n) is 3.23. The number of aliphatic carboxylic acids is 1. The maximum atomic E-state index is 14.0. The molecule has 3 rings (SSSR count). The highest BCUT2D eigenvalue weighted by Gasteiger charge is 2.15. The molecule has 2 aromatic heterocycles. The van der Waals surface area contributed by atoms with Crippen LogP contribution in [-0.4, -0.2) is 21.0 Å². The Kier molecular flexibility index (Phi) is 5.55. The fraction of sp³-hybridized carbons (Fsp3) is 0.167. The van der Waals surface area contributed by atoms with Crippen molar-refractivity contribution in [2.75, 3.05) is 0 Å². The Morgan fingerprint density at radius 1 is 1.21 bits per heavy atom. The molecular weight excluding hydrogens is 309 g/mol. The van der Waals surface area contributed by atoms with Gasteiger partial charge in [-0.3, -0.25) is 9.78 Å². The fourth-order valence-corrected chi connectivity index (χ4v) is 2.23. The summed E-state index contributed by atoms with van der Waals surface area (Å²) >= 11 is 0. The van der Waals surface area contributed by atoms with Gasteiger partial charge in [0.2, 0.25) is 0 Å². The molecule has 0 saturated carbocycles. The predicted octanol–water partition coefficient (Wildman–Crippen LogP) is 3.55. The molecule has 1 unspecified atom stereocenters. The van der Waals surface area contributed by atoms with E-state index in [9.17, 15) is 4.39 Å². The minimum atomic E-state index is -0.833. The van der Waals surface area contributed by atoms with Crippen LogP contribution in [0.5, 0.6) is 0 Å². The molecule has 3 N–H and O–H groups in total. The quantitative estimate of drug-likeness (QED) is 0.751. The molecule has 0 aliphatic carbocycles. The van der Waals surface area contributed by atoms with Crippen LogP contribution < -0.4 is 5.73 Å². The molecule has 1 aromatic carbocycles. The standard InChI is InChI=1S/C16H14FN3.C2H4O2/c1-10(18)12-9-15-14(7-4-8-19-15)20-16(12)11-5-2-3-6-13(11)17;1-2(3)4/h2-10H,18H2,1H3;1H3,(H,3,4). The highest BCUT2D eigenvalue weighted by Crippen LogP contribution is 2.29. The molecule has 1 atom stereocenters. The SMILES string of the molecule is CC(=O)O.CC(N)c1cc2ncccc2nc1-c1ccccc1F. The van der Waals surface area contributed by atoms with Crippen LogP contribution >= 0.6 is 0 Å². The molecule has 0 radical (unpaired) electrons. The lowest BCUT2D eigenvalue weighted by Gasteiger charge is -2.13. The van der Waals surface area contributed by atoms with Gasteiger partial charge < -0.3 is 10.8 Å². The van der Waals surface area contributed by atoms with Gasteiger partial charge >= 0.3 is 0 Å². The molecule has 0 aliphatic rings. The van der Waals surface area contributed by atoms with Gasteiger partial charge in [0.15, 0.2) is 0 Å². The van der Waals surface area contributed by atoms with Crippen LogP contribution in [0.4, 0.5) is 4.39 Å². The lowest BCUT2D eigenvalue weighted by Crippen LogP contribution is -2.09. The van der Waals surface area contributed by atoms with Crippen LogP contribution in [0.15, 0.2) is 48.7 Å². The summed E-state index contributed by atoms with van der Waals surface area (Å²) in [5.41, 5.74) is 9.34. The molecule has 0 spiro atoms. The molecular formula is C18H18FN3O2. The van der Waals surface area contributed by atoms with Crippen molar-refractivity contribution < 1.29 is 14.3 Å². The number of nitrogens with two attached hydrogens (primary N) is 1. The number of carboxylic acids is 1. The molecule has 0 aliphatic heterocycles. The summed E-state index contributed by atoms with van der Waals surface area (Å²) in [7, 11) is 0. The number of fused-ring (bicyclic) bond motifs is 1. The second-order valence-corrected chi connectivity index (χ2v) is 5.26. The molecule has 6 heteroatoms. The molecule has 124 valence electrons. The van der Waals surface area contributed by atoms with Crippen molar-refractivity contribution in [3.05, 3.63) is 60.0 Å². The first-order valence-electron chi connectivity index (χ1n) is 7.36. The summed E-state index contributed by atoms with van der Waals surface area (Å²) in [6.07, 6.45) is 1.71. The van der Waals surface area contributed by atoms with Crippen LogP contribution in [0.1, 0.15) is 25.5 Å². The minimum Gasteiger partial charge on any atom is -0.481 e. The van der Waals surface area contributed by atoms with E-state index in [1.165, 1.54) is 6.07 Å². The van der Waals surface area contributed by atoms with E-state index in [0.717, 1.165) is 23.5 Å². The van der Waals surface area contributed by atoms with E-state index in [-0.39, 0.29) is 11.9 Å². The van der Waals surface area contributed by atoms with Crippen molar-refractivity contribution in [2.45, 2.75) is 19.9 Å². The number of rotatable bonds is 2. The van der Waals surface area contributed by atoms with Crippen molar-refractivity contribution in [3.63, 3.8) is 0 Å². The van der Waals surface area contributed by atoms with Crippen molar-refractivity contribution in [1.82, 2.24) is 9.97 Å². The van der Waals surface area contributed by atoms with E-state index in [0.29, 0.717) is 11.3 Å². The Labute approximate surface area is 139 Å². The minimum absolute atomic E-state index is 0.247. The van der Waals surface area contributed by atoms with Crippen molar-refractivity contribution >= 4 is 17.0 Å². The van der Waals surface area contributed by atoms with Gasteiger partial charge in [0.25, 0.3) is 5.97 Å². The Hall–Kier alpha value is -2.86. The van der Waals surface area contributed by atoms with E-state index < -0.39 is 5.97 Å². The van der Waals surface area contributed by atoms with Crippen molar-refractivity contribution in [2.24, 2.45) is 5.73 Å². The van der Waals surface area contributed by atoms with Crippen LogP contribution in [-0.2, 0) is 4.79 Å². The Morgan fingerprint density at radius 3 is 2.50 bits per heavy atom. The van der Waals surface area contributed by atoms with Gasteiger partial charge in [-0.05, 0) is 42.8 Å². The average Bonchev–Trinajstić information content (AvgIpc) is 2.53. The van der Waals surface area contributed by atoms with Gasteiger partial charge in [-0.15, -0.1) is 0 Å². The number of nitrogens with zero attached hydrogens (tertiary/aromatic N) is 2. The molecule has 2 heterocycles. The number of carbonyl (C=O) groups is 1. The van der Waals surface area contributed by atoms with Crippen LogP contribution in [0.3, 0.4) is 0 Å². The first-order valence-corrected chi connectivity index (χ1v) is 7.36. The maximum absolute atomic E-state index is 14.0. The second-order valence-electron chi connectivity index (χ2n) is 5.26. The molecule has 0 saturated heterocycles. The highest BCUT2D eigenvalue weighted by atomic mass is 19.1. The highest BCUT2D eigenvalue weighted by molar-refractivity contribution is 5.80. The van der Waals surface area contributed by atoms with Gasteiger partial charge in [-0.2, -0.15) is 0 Å². The van der Waals surface area contributed by atoms with Crippen molar-refractivity contribution in [1.29, 1.82) is 0 Å². The number of aromatic nitrogens is 2. The number of halogens is 1. The van der Waals surface area contributed by atoms with Crippen LogP contribution in [0.25, 0.3) is 22.3 Å². The zero-order chi connectivity index (χ0) is 17.7.